The van der Waals surface area contributed by atoms with E-state index in [1.807, 2.05) is 6.20 Å². The molecular formula is C19H28N6. The number of rotatable bonds is 3. The molecule has 5 heterocycles. The first-order valence-electron chi connectivity index (χ1n) is 9.29. The van der Waals surface area contributed by atoms with Crippen molar-refractivity contribution in [2.45, 2.75) is 51.6 Å². The van der Waals surface area contributed by atoms with Crippen molar-refractivity contribution in [2.24, 2.45) is 5.92 Å². The molecule has 3 fully saturated rings. The molecule has 2 aromatic heterocycles. The smallest absolute Gasteiger partial charge is 0.147 e. The molecular weight excluding hydrogens is 312 g/mol. The highest BCUT2D eigenvalue weighted by Gasteiger charge is 2.35. The predicted octanol–water partition coefficient (Wildman–Crippen LogP) is 2.60. The lowest BCUT2D eigenvalue weighted by Crippen LogP contribution is -2.43. The van der Waals surface area contributed by atoms with Crippen molar-refractivity contribution in [3.8, 4) is 0 Å². The van der Waals surface area contributed by atoms with Gasteiger partial charge in [0.05, 0.1) is 11.9 Å². The molecule has 0 unspecified atom stereocenters. The van der Waals surface area contributed by atoms with Crippen LogP contribution in [0.4, 0.5) is 5.82 Å². The van der Waals surface area contributed by atoms with Crippen LogP contribution >= 0.6 is 0 Å². The summed E-state index contributed by atoms with van der Waals surface area (Å²) < 4.78 is 0. The van der Waals surface area contributed by atoms with Gasteiger partial charge in [-0.05, 0) is 24.8 Å². The first kappa shape index (κ1) is 16.5. The van der Waals surface area contributed by atoms with Crippen LogP contribution in [0.1, 0.15) is 45.0 Å². The quantitative estimate of drug-likeness (QED) is 0.930. The second-order valence-electron chi connectivity index (χ2n) is 8.52. The van der Waals surface area contributed by atoms with Crippen LogP contribution in [0.5, 0.6) is 0 Å². The average Bonchev–Trinajstić information content (AvgIpc) is 2.88. The van der Waals surface area contributed by atoms with Gasteiger partial charge in [0.15, 0.2) is 0 Å². The zero-order valence-corrected chi connectivity index (χ0v) is 15.4. The van der Waals surface area contributed by atoms with E-state index in [1.54, 1.807) is 12.4 Å². The number of nitrogens with zero attached hydrogens (tertiary/aromatic N) is 5. The maximum Gasteiger partial charge on any atom is 0.147 e. The standard InChI is InChI=1S/C19H28N6/c1-19(2,3)17-8-15(22-23-17)12-24-10-14-4-5-16(24)13-25(11-14)18-9-20-6-7-21-18/h6-9,14,16H,4-5,10-13H2,1-3H3,(H,22,23)/t14-,16-/m1/s1. The Morgan fingerprint density at radius 2 is 2.04 bits per heavy atom. The first-order chi connectivity index (χ1) is 12.0. The van der Waals surface area contributed by atoms with E-state index in [4.69, 9.17) is 0 Å². The number of aromatic amines is 1. The Morgan fingerprint density at radius 3 is 2.76 bits per heavy atom. The summed E-state index contributed by atoms with van der Waals surface area (Å²) in [5, 5.41) is 7.78. The topological polar surface area (TPSA) is 60.9 Å². The van der Waals surface area contributed by atoms with Gasteiger partial charge in [-0.1, -0.05) is 20.8 Å². The molecule has 0 aliphatic carbocycles. The zero-order chi connectivity index (χ0) is 17.4. The van der Waals surface area contributed by atoms with E-state index in [-0.39, 0.29) is 5.41 Å². The number of fused-ring (bicyclic) bond motifs is 4. The van der Waals surface area contributed by atoms with Crippen LogP contribution in [-0.2, 0) is 12.0 Å². The van der Waals surface area contributed by atoms with Crippen LogP contribution in [0, 0.1) is 5.92 Å². The molecule has 5 rings (SSSR count). The summed E-state index contributed by atoms with van der Waals surface area (Å²) in [6, 6.07) is 2.81. The lowest BCUT2D eigenvalue weighted by molar-refractivity contribution is 0.125. The van der Waals surface area contributed by atoms with E-state index in [1.165, 1.54) is 18.5 Å². The molecule has 6 nitrogen and oxygen atoms in total. The lowest BCUT2D eigenvalue weighted by Gasteiger charge is -2.35. The van der Waals surface area contributed by atoms with Gasteiger partial charge in [0.2, 0.25) is 0 Å². The van der Waals surface area contributed by atoms with Gasteiger partial charge >= 0.3 is 0 Å². The molecule has 2 atom stereocenters. The minimum Gasteiger partial charge on any atom is -0.353 e. The molecule has 2 aromatic rings. The summed E-state index contributed by atoms with van der Waals surface area (Å²) in [4.78, 5) is 13.8. The first-order valence-corrected chi connectivity index (χ1v) is 9.29. The Morgan fingerprint density at radius 1 is 1.16 bits per heavy atom. The monoisotopic (exact) mass is 340 g/mol. The fraction of sp³-hybridized carbons (Fsp3) is 0.632. The Hall–Kier alpha value is -1.95. The Bertz CT molecular complexity index is 704. The third-order valence-corrected chi connectivity index (χ3v) is 5.47. The van der Waals surface area contributed by atoms with E-state index in [9.17, 15) is 0 Å². The Balaban J connectivity index is 1.48. The van der Waals surface area contributed by atoms with Gasteiger partial charge in [0.1, 0.15) is 5.82 Å². The molecule has 3 aliphatic rings. The van der Waals surface area contributed by atoms with Gasteiger partial charge in [-0.15, -0.1) is 0 Å². The van der Waals surface area contributed by atoms with E-state index in [2.05, 4.69) is 56.8 Å². The van der Waals surface area contributed by atoms with E-state index >= 15 is 0 Å². The molecule has 2 bridgehead atoms. The third-order valence-electron chi connectivity index (χ3n) is 5.47. The van der Waals surface area contributed by atoms with E-state index in [0.717, 1.165) is 37.7 Å². The van der Waals surface area contributed by atoms with Crippen LogP contribution in [0.25, 0.3) is 0 Å². The largest absolute Gasteiger partial charge is 0.353 e. The second-order valence-corrected chi connectivity index (χ2v) is 8.52. The molecule has 0 amide bonds. The highest BCUT2D eigenvalue weighted by atomic mass is 15.3. The third kappa shape index (κ3) is 3.54. The molecule has 1 N–H and O–H groups in total. The Kier molecular flexibility index (Phi) is 4.23. The van der Waals surface area contributed by atoms with Crippen LogP contribution in [-0.4, -0.2) is 50.7 Å². The van der Waals surface area contributed by atoms with Gasteiger partial charge in [-0.2, -0.15) is 5.10 Å². The average molecular weight is 340 g/mol. The van der Waals surface area contributed by atoms with E-state index < -0.39 is 0 Å². The number of nitrogens with one attached hydrogen (secondary N) is 1. The van der Waals surface area contributed by atoms with Gasteiger partial charge in [-0.3, -0.25) is 15.0 Å². The summed E-state index contributed by atoms with van der Waals surface area (Å²) in [5.41, 5.74) is 2.46. The number of piperidine rings is 1. The maximum absolute atomic E-state index is 4.52. The Labute approximate surface area is 149 Å². The maximum atomic E-state index is 4.52. The molecule has 6 heteroatoms. The fourth-order valence-corrected chi connectivity index (χ4v) is 4.06. The summed E-state index contributed by atoms with van der Waals surface area (Å²) in [6.45, 7) is 10.9. The van der Waals surface area contributed by atoms with Crippen molar-refractivity contribution in [3.05, 3.63) is 36.0 Å². The number of aromatic nitrogens is 4. The molecule has 3 aliphatic heterocycles. The highest BCUT2D eigenvalue weighted by molar-refractivity contribution is 5.36. The molecule has 25 heavy (non-hydrogen) atoms. The predicted molar refractivity (Wildman–Crippen MR) is 98.5 cm³/mol. The molecule has 0 saturated carbocycles. The second kappa shape index (κ2) is 6.41. The van der Waals surface area contributed by atoms with Crippen LogP contribution in [0.15, 0.2) is 24.7 Å². The molecule has 134 valence electrons. The lowest BCUT2D eigenvalue weighted by atomic mass is 9.92. The minimum absolute atomic E-state index is 0.0926. The van der Waals surface area contributed by atoms with Crippen LogP contribution in [0.3, 0.4) is 0 Å². The molecule has 0 spiro atoms. The van der Waals surface area contributed by atoms with Crippen molar-refractivity contribution in [1.82, 2.24) is 25.1 Å². The number of hydrogen-bond acceptors (Lipinski definition) is 5. The van der Waals surface area contributed by atoms with Crippen LogP contribution < -0.4 is 4.90 Å². The summed E-state index contributed by atoms with van der Waals surface area (Å²) >= 11 is 0. The summed E-state index contributed by atoms with van der Waals surface area (Å²) in [7, 11) is 0. The fourth-order valence-electron chi connectivity index (χ4n) is 4.06. The number of anilines is 1. The number of H-pyrrole nitrogens is 1. The molecule has 0 aromatic carbocycles. The zero-order valence-electron chi connectivity index (χ0n) is 15.4. The minimum atomic E-state index is 0.0926. The van der Waals surface area contributed by atoms with Crippen molar-refractivity contribution >= 4 is 5.82 Å². The molecule has 3 saturated heterocycles. The SMILES string of the molecule is CC(C)(C)c1cc(CN2C[C@H]3CC[C@@H]2CN(c2cnccn2)C3)[nH]n1. The van der Waals surface area contributed by atoms with Gasteiger partial charge in [-0.25, -0.2) is 4.98 Å². The van der Waals surface area contributed by atoms with Crippen molar-refractivity contribution in [3.63, 3.8) is 0 Å². The van der Waals surface area contributed by atoms with Gasteiger partial charge in [0.25, 0.3) is 0 Å². The van der Waals surface area contributed by atoms with E-state index in [0.29, 0.717) is 12.0 Å². The van der Waals surface area contributed by atoms with Crippen molar-refractivity contribution in [2.75, 3.05) is 24.5 Å². The van der Waals surface area contributed by atoms with Gasteiger partial charge < -0.3 is 4.90 Å². The van der Waals surface area contributed by atoms with Gasteiger partial charge in [0, 0.05) is 55.7 Å². The van der Waals surface area contributed by atoms with Crippen molar-refractivity contribution < 1.29 is 0 Å². The van der Waals surface area contributed by atoms with Crippen LogP contribution in [0.2, 0.25) is 0 Å². The molecule has 0 radical (unpaired) electrons. The van der Waals surface area contributed by atoms with Crippen molar-refractivity contribution in [1.29, 1.82) is 0 Å². The summed E-state index contributed by atoms with van der Waals surface area (Å²) in [6.07, 6.45) is 8.00. The highest BCUT2D eigenvalue weighted by Crippen LogP contribution is 2.31. The number of hydrogen-bond donors (Lipinski definition) is 1. The normalized spacial score (nSPS) is 24.5. The summed E-state index contributed by atoms with van der Waals surface area (Å²) in [5.74, 6) is 1.71.